The number of carbonyl (C=O) groups is 1. The van der Waals surface area contributed by atoms with Gasteiger partial charge in [-0.1, -0.05) is 0 Å². The van der Waals surface area contributed by atoms with Crippen molar-refractivity contribution < 1.29 is 9.72 Å². The Balaban J connectivity index is 1.83. The van der Waals surface area contributed by atoms with E-state index < -0.39 is 4.92 Å². The molecule has 3 rings (SSSR count). The second-order valence-electron chi connectivity index (χ2n) is 5.42. The van der Waals surface area contributed by atoms with Crippen LogP contribution in [0.3, 0.4) is 0 Å². The molecule has 1 heterocycles. The number of nitrogens with zero attached hydrogens (tertiary/aromatic N) is 3. The van der Waals surface area contributed by atoms with Crippen molar-refractivity contribution in [3.63, 3.8) is 0 Å². The fraction of sp³-hybridized carbons (Fsp3) is 0.176. The van der Waals surface area contributed by atoms with Gasteiger partial charge in [0.15, 0.2) is 0 Å². The first-order chi connectivity index (χ1) is 11.6. The summed E-state index contributed by atoms with van der Waals surface area (Å²) in [4.78, 5) is 24.1. The Labute approximate surface area is 138 Å². The van der Waals surface area contributed by atoms with Gasteiger partial charge >= 0.3 is 0 Å². The molecule has 1 saturated heterocycles. The lowest BCUT2D eigenvalue weighted by atomic mass is 10.1. The van der Waals surface area contributed by atoms with E-state index in [0.717, 1.165) is 12.1 Å². The Morgan fingerprint density at radius 2 is 1.96 bits per heavy atom. The maximum atomic E-state index is 11.7. The highest BCUT2D eigenvalue weighted by molar-refractivity contribution is 5.95. The standard InChI is InChI=1S/C17H14N4O3/c18-11-12-3-8-15(16(10-12)21(23)24)19-13-4-6-14(7-5-13)20-9-1-2-17(20)22/h3-8,10,19H,1-2,9H2. The van der Waals surface area contributed by atoms with Crippen LogP contribution in [-0.2, 0) is 4.79 Å². The molecule has 1 fully saturated rings. The summed E-state index contributed by atoms with van der Waals surface area (Å²) in [7, 11) is 0. The zero-order valence-electron chi connectivity index (χ0n) is 12.7. The highest BCUT2D eigenvalue weighted by Crippen LogP contribution is 2.30. The number of amides is 1. The molecule has 7 nitrogen and oxygen atoms in total. The molecule has 24 heavy (non-hydrogen) atoms. The summed E-state index contributed by atoms with van der Waals surface area (Å²) in [5.41, 5.74) is 1.86. The van der Waals surface area contributed by atoms with E-state index in [1.54, 1.807) is 29.2 Å². The maximum Gasteiger partial charge on any atom is 0.293 e. The number of nitriles is 1. The molecule has 1 N–H and O–H groups in total. The molecule has 1 aliphatic heterocycles. The minimum Gasteiger partial charge on any atom is -0.350 e. The number of hydrogen-bond donors (Lipinski definition) is 1. The van der Waals surface area contributed by atoms with Crippen LogP contribution in [0.2, 0.25) is 0 Å². The molecule has 0 aromatic heterocycles. The summed E-state index contributed by atoms with van der Waals surface area (Å²) >= 11 is 0. The second kappa shape index (κ2) is 6.38. The van der Waals surface area contributed by atoms with Crippen LogP contribution in [0, 0.1) is 21.4 Å². The minimum atomic E-state index is -0.527. The quantitative estimate of drug-likeness (QED) is 0.687. The van der Waals surface area contributed by atoms with Crippen LogP contribution in [0.1, 0.15) is 18.4 Å². The number of carbonyl (C=O) groups excluding carboxylic acids is 1. The van der Waals surface area contributed by atoms with Crippen LogP contribution < -0.4 is 10.2 Å². The summed E-state index contributed by atoms with van der Waals surface area (Å²) in [5, 5.41) is 23.0. The van der Waals surface area contributed by atoms with Gasteiger partial charge in [0.05, 0.1) is 16.6 Å². The Morgan fingerprint density at radius 1 is 1.21 bits per heavy atom. The van der Waals surface area contributed by atoms with Crippen LogP contribution in [0.25, 0.3) is 0 Å². The average Bonchev–Trinajstić information content (AvgIpc) is 3.02. The molecule has 7 heteroatoms. The molecule has 2 aromatic rings. The van der Waals surface area contributed by atoms with Crippen molar-refractivity contribution in [1.29, 1.82) is 5.26 Å². The zero-order chi connectivity index (χ0) is 17.1. The lowest BCUT2D eigenvalue weighted by Crippen LogP contribution is -2.23. The molecule has 0 radical (unpaired) electrons. The molecule has 0 atom stereocenters. The van der Waals surface area contributed by atoms with Gasteiger partial charge in [0.25, 0.3) is 5.69 Å². The van der Waals surface area contributed by atoms with E-state index in [1.807, 2.05) is 6.07 Å². The smallest absolute Gasteiger partial charge is 0.293 e. The summed E-state index contributed by atoms with van der Waals surface area (Å²) in [6.07, 6.45) is 1.42. The summed E-state index contributed by atoms with van der Waals surface area (Å²) in [5.74, 6) is 0.110. The van der Waals surface area contributed by atoms with Crippen molar-refractivity contribution in [2.24, 2.45) is 0 Å². The van der Waals surface area contributed by atoms with Crippen molar-refractivity contribution in [1.82, 2.24) is 0 Å². The van der Waals surface area contributed by atoms with Gasteiger partial charge < -0.3 is 10.2 Å². The van der Waals surface area contributed by atoms with Gasteiger partial charge in [-0.15, -0.1) is 0 Å². The van der Waals surface area contributed by atoms with E-state index in [4.69, 9.17) is 5.26 Å². The van der Waals surface area contributed by atoms with Crippen molar-refractivity contribution in [3.8, 4) is 6.07 Å². The Morgan fingerprint density at radius 3 is 2.54 bits per heavy atom. The van der Waals surface area contributed by atoms with E-state index >= 15 is 0 Å². The van der Waals surface area contributed by atoms with Crippen molar-refractivity contribution in [3.05, 3.63) is 58.1 Å². The van der Waals surface area contributed by atoms with E-state index in [0.29, 0.717) is 24.3 Å². The molecule has 1 amide bonds. The third-order valence-electron chi connectivity index (χ3n) is 3.85. The van der Waals surface area contributed by atoms with Gasteiger partial charge in [-0.25, -0.2) is 0 Å². The molecular weight excluding hydrogens is 308 g/mol. The third kappa shape index (κ3) is 3.03. The summed E-state index contributed by atoms with van der Waals surface area (Å²) in [6, 6.07) is 13.3. The molecule has 0 aliphatic carbocycles. The fourth-order valence-electron chi connectivity index (χ4n) is 2.66. The second-order valence-corrected chi connectivity index (χ2v) is 5.42. The highest BCUT2D eigenvalue weighted by Gasteiger charge is 2.21. The number of hydrogen-bond acceptors (Lipinski definition) is 5. The molecule has 2 aromatic carbocycles. The van der Waals surface area contributed by atoms with Crippen LogP contribution in [0.4, 0.5) is 22.7 Å². The van der Waals surface area contributed by atoms with Gasteiger partial charge in [0, 0.05) is 30.4 Å². The Hall–Kier alpha value is -3.40. The first-order valence-electron chi connectivity index (χ1n) is 7.44. The summed E-state index contributed by atoms with van der Waals surface area (Å²) < 4.78 is 0. The first kappa shape index (κ1) is 15.5. The minimum absolute atomic E-state index is 0.110. The highest BCUT2D eigenvalue weighted by atomic mass is 16.6. The predicted molar refractivity (Wildman–Crippen MR) is 89.1 cm³/mol. The predicted octanol–water partition coefficient (Wildman–Crippen LogP) is 3.34. The normalized spacial score (nSPS) is 13.6. The molecule has 1 aliphatic rings. The molecule has 120 valence electrons. The molecule has 0 saturated carbocycles. The average molecular weight is 322 g/mol. The largest absolute Gasteiger partial charge is 0.350 e. The van der Waals surface area contributed by atoms with Crippen LogP contribution >= 0.6 is 0 Å². The van der Waals surface area contributed by atoms with Crippen LogP contribution in [0.5, 0.6) is 0 Å². The summed E-state index contributed by atoms with van der Waals surface area (Å²) in [6.45, 7) is 0.715. The Kier molecular flexibility index (Phi) is 4.12. The number of rotatable bonds is 4. The van der Waals surface area contributed by atoms with Gasteiger partial charge in [0.2, 0.25) is 5.91 Å². The number of anilines is 3. The fourth-order valence-corrected chi connectivity index (χ4v) is 2.66. The SMILES string of the molecule is N#Cc1ccc(Nc2ccc(N3CCCC3=O)cc2)c([N+](=O)[O-])c1. The first-order valence-corrected chi connectivity index (χ1v) is 7.44. The van der Waals surface area contributed by atoms with E-state index in [2.05, 4.69) is 5.32 Å². The third-order valence-corrected chi connectivity index (χ3v) is 3.85. The van der Waals surface area contributed by atoms with Gasteiger partial charge in [-0.2, -0.15) is 5.26 Å². The molecule has 0 spiro atoms. The number of nitro benzene ring substituents is 1. The van der Waals surface area contributed by atoms with Gasteiger partial charge in [-0.05, 0) is 42.8 Å². The topological polar surface area (TPSA) is 99.3 Å². The van der Waals surface area contributed by atoms with Crippen molar-refractivity contribution in [2.45, 2.75) is 12.8 Å². The Bertz CT molecular complexity index is 840. The van der Waals surface area contributed by atoms with Crippen molar-refractivity contribution in [2.75, 3.05) is 16.8 Å². The van der Waals surface area contributed by atoms with Gasteiger partial charge in [0.1, 0.15) is 5.69 Å². The van der Waals surface area contributed by atoms with Crippen molar-refractivity contribution >= 4 is 28.7 Å². The molecular formula is C17H14N4O3. The van der Waals surface area contributed by atoms with Crippen LogP contribution in [-0.4, -0.2) is 17.4 Å². The van der Waals surface area contributed by atoms with Crippen LogP contribution in [0.15, 0.2) is 42.5 Å². The monoisotopic (exact) mass is 322 g/mol. The number of nitrogens with one attached hydrogen (secondary N) is 1. The van der Waals surface area contributed by atoms with E-state index in [1.165, 1.54) is 18.2 Å². The lowest BCUT2D eigenvalue weighted by molar-refractivity contribution is -0.383. The van der Waals surface area contributed by atoms with E-state index in [-0.39, 0.29) is 17.2 Å². The number of nitro groups is 1. The lowest BCUT2D eigenvalue weighted by Gasteiger charge is -2.16. The zero-order valence-corrected chi connectivity index (χ0v) is 12.7. The molecule has 0 bridgehead atoms. The maximum absolute atomic E-state index is 11.7. The molecule has 0 unspecified atom stereocenters. The van der Waals surface area contributed by atoms with E-state index in [9.17, 15) is 14.9 Å². The van der Waals surface area contributed by atoms with Gasteiger partial charge in [-0.3, -0.25) is 14.9 Å². The number of benzene rings is 2.